The minimum Gasteiger partial charge on any atom is -0.478 e. The Kier molecular flexibility index (Phi) is 4.73. The Bertz CT molecular complexity index is 698. The van der Waals surface area contributed by atoms with Crippen LogP contribution in [0.1, 0.15) is 11.1 Å². The van der Waals surface area contributed by atoms with Crippen molar-refractivity contribution in [3.05, 3.63) is 69.8 Å². The number of hydrogen-bond donors (Lipinski definition) is 1. The van der Waals surface area contributed by atoms with Gasteiger partial charge in [-0.1, -0.05) is 30.3 Å². The summed E-state index contributed by atoms with van der Waals surface area (Å²) in [5.74, 6) is -0.630. The van der Waals surface area contributed by atoms with Crippen LogP contribution in [0.15, 0.2) is 48.5 Å². The summed E-state index contributed by atoms with van der Waals surface area (Å²) in [5.41, 5.74) is 1.29. The van der Waals surface area contributed by atoms with Gasteiger partial charge in [0.15, 0.2) is 6.10 Å². The largest absolute Gasteiger partial charge is 0.478 e. The zero-order chi connectivity index (χ0) is 16.1. The van der Waals surface area contributed by atoms with Crippen LogP contribution in [0.2, 0.25) is 0 Å². The molecule has 0 aromatic heterocycles. The minimum absolute atomic E-state index is 0.0470. The fourth-order valence-electron chi connectivity index (χ4n) is 2.03. The quantitative estimate of drug-likeness (QED) is 0.654. The first kappa shape index (κ1) is 15.5. The number of benzene rings is 2. The minimum atomic E-state index is -1.12. The van der Waals surface area contributed by atoms with E-state index in [0.717, 1.165) is 5.56 Å². The summed E-state index contributed by atoms with van der Waals surface area (Å²) in [7, 11) is 0. The molecule has 6 nitrogen and oxygen atoms in total. The molecule has 0 aliphatic carbocycles. The van der Waals surface area contributed by atoms with E-state index >= 15 is 0 Å². The van der Waals surface area contributed by atoms with E-state index in [0.29, 0.717) is 11.3 Å². The molecule has 1 N–H and O–H groups in total. The van der Waals surface area contributed by atoms with Crippen molar-refractivity contribution in [1.29, 1.82) is 0 Å². The molecule has 0 spiro atoms. The van der Waals surface area contributed by atoms with Gasteiger partial charge in [0.25, 0.3) is 5.69 Å². The maximum absolute atomic E-state index is 11.4. The van der Waals surface area contributed by atoms with Gasteiger partial charge in [-0.2, -0.15) is 0 Å². The van der Waals surface area contributed by atoms with Crippen LogP contribution < -0.4 is 4.74 Å². The molecular formula is C16H15NO5. The molecule has 0 unspecified atom stereocenters. The molecule has 0 aliphatic rings. The van der Waals surface area contributed by atoms with Crippen LogP contribution in [-0.4, -0.2) is 22.1 Å². The van der Waals surface area contributed by atoms with E-state index in [1.54, 1.807) is 18.2 Å². The summed E-state index contributed by atoms with van der Waals surface area (Å²) in [6, 6.07) is 13.0. The van der Waals surface area contributed by atoms with Gasteiger partial charge in [-0.25, -0.2) is 4.79 Å². The molecule has 0 amide bonds. The highest BCUT2D eigenvalue weighted by Gasteiger charge is 2.21. The van der Waals surface area contributed by atoms with Crippen molar-refractivity contribution in [3.63, 3.8) is 0 Å². The number of carboxylic acid groups (broad SMARTS) is 1. The highest BCUT2D eigenvalue weighted by Crippen LogP contribution is 2.21. The average molecular weight is 301 g/mol. The predicted molar refractivity (Wildman–Crippen MR) is 80.0 cm³/mol. The summed E-state index contributed by atoms with van der Waals surface area (Å²) in [4.78, 5) is 21.6. The van der Waals surface area contributed by atoms with Crippen LogP contribution in [0.5, 0.6) is 5.75 Å². The third-order valence-corrected chi connectivity index (χ3v) is 3.18. The number of hydrogen-bond acceptors (Lipinski definition) is 4. The molecule has 1 atom stereocenters. The van der Waals surface area contributed by atoms with Gasteiger partial charge >= 0.3 is 5.97 Å². The molecule has 2 aromatic rings. The molecule has 0 fully saturated rings. The smallest absolute Gasteiger partial charge is 0.345 e. The lowest BCUT2D eigenvalue weighted by Gasteiger charge is -2.16. The van der Waals surface area contributed by atoms with Crippen LogP contribution in [0.4, 0.5) is 5.69 Å². The van der Waals surface area contributed by atoms with Crippen molar-refractivity contribution < 1.29 is 19.6 Å². The average Bonchev–Trinajstić information content (AvgIpc) is 2.49. The number of ether oxygens (including phenoxy) is 1. The molecule has 0 saturated heterocycles. The van der Waals surface area contributed by atoms with Crippen molar-refractivity contribution in [2.45, 2.75) is 19.4 Å². The fraction of sp³-hybridized carbons (Fsp3) is 0.188. The highest BCUT2D eigenvalue weighted by molar-refractivity contribution is 5.73. The summed E-state index contributed by atoms with van der Waals surface area (Å²) in [5, 5.41) is 20.1. The number of aryl methyl sites for hydroxylation is 1. The standard InChI is InChI=1S/C16H15NO5/c1-11-5-2-3-8-14(11)22-15(16(18)19)10-12-6-4-7-13(9-12)17(20)21/h2-9,15H,10H2,1H3,(H,18,19)/t15-/m1/s1. The Morgan fingerprint density at radius 1 is 1.27 bits per heavy atom. The summed E-state index contributed by atoms with van der Waals surface area (Å²) in [6.07, 6.45) is -1.06. The summed E-state index contributed by atoms with van der Waals surface area (Å²) < 4.78 is 5.54. The van der Waals surface area contributed by atoms with E-state index in [4.69, 9.17) is 4.74 Å². The second-order valence-corrected chi connectivity index (χ2v) is 4.84. The van der Waals surface area contributed by atoms with Gasteiger partial charge in [0.2, 0.25) is 0 Å². The monoisotopic (exact) mass is 301 g/mol. The third kappa shape index (κ3) is 3.82. The summed E-state index contributed by atoms with van der Waals surface area (Å²) >= 11 is 0. The second kappa shape index (κ2) is 6.71. The number of aliphatic carboxylic acids is 1. The lowest BCUT2D eigenvalue weighted by atomic mass is 10.1. The lowest BCUT2D eigenvalue weighted by molar-refractivity contribution is -0.384. The van der Waals surface area contributed by atoms with E-state index in [2.05, 4.69) is 0 Å². The van der Waals surface area contributed by atoms with Gasteiger partial charge in [0.05, 0.1) is 4.92 Å². The van der Waals surface area contributed by atoms with Crippen molar-refractivity contribution in [2.24, 2.45) is 0 Å². The number of para-hydroxylation sites is 1. The van der Waals surface area contributed by atoms with E-state index in [1.807, 2.05) is 19.1 Å². The molecule has 2 aromatic carbocycles. The molecule has 0 radical (unpaired) electrons. The maximum Gasteiger partial charge on any atom is 0.345 e. The van der Waals surface area contributed by atoms with Gasteiger partial charge in [-0.3, -0.25) is 10.1 Å². The molecule has 114 valence electrons. The SMILES string of the molecule is Cc1ccccc1O[C@H](Cc1cccc([N+](=O)[O-])c1)C(=O)O. The second-order valence-electron chi connectivity index (χ2n) is 4.84. The molecule has 0 aliphatic heterocycles. The first-order chi connectivity index (χ1) is 10.5. The maximum atomic E-state index is 11.4. The van der Waals surface area contributed by atoms with Crippen molar-refractivity contribution >= 4 is 11.7 Å². The highest BCUT2D eigenvalue weighted by atomic mass is 16.6. The molecule has 0 bridgehead atoms. The van der Waals surface area contributed by atoms with Crippen LogP contribution in [0, 0.1) is 17.0 Å². The predicted octanol–water partition coefficient (Wildman–Crippen LogP) is 2.98. The van der Waals surface area contributed by atoms with Crippen molar-refractivity contribution in [2.75, 3.05) is 0 Å². The molecular weight excluding hydrogens is 286 g/mol. The Hall–Kier alpha value is -2.89. The van der Waals surface area contributed by atoms with Gasteiger partial charge in [0.1, 0.15) is 5.75 Å². The molecule has 22 heavy (non-hydrogen) atoms. The number of non-ortho nitro benzene ring substituents is 1. The van der Waals surface area contributed by atoms with E-state index in [-0.39, 0.29) is 12.1 Å². The molecule has 0 saturated carbocycles. The lowest BCUT2D eigenvalue weighted by Crippen LogP contribution is -2.29. The van der Waals surface area contributed by atoms with Crippen LogP contribution in [-0.2, 0) is 11.2 Å². The van der Waals surface area contributed by atoms with E-state index < -0.39 is 17.0 Å². The van der Waals surface area contributed by atoms with Crippen LogP contribution in [0.3, 0.4) is 0 Å². The van der Waals surface area contributed by atoms with Crippen molar-refractivity contribution in [3.8, 4) is 5.75 Å². The Morgan fingerprint density at radius 2 is 2.00 bits per heavy atom. The number of nitro groups is 1. The zero-order valence-electron chi connectivity index (χ0n) is 11.9. The first-order valence-corrected chi connectivity index (χ1v) is 6.66. The summed E-state index contributed by atoms with van der Waals surface area (Å²) in [6.45, 7) is 1.82. The Labute approximate surface area is 127 Å². The number of nitro benzene ring substituents is 1. The number of rotatable bonds is 6. The molecule has 2 rings (SSSR count). The Balaban J connectivity index is 2.19. The van der Waals surface area contributed by atoms with Crippen molar-refractivity contribution in [1.82, 2.24) is 0 Å². The van der Waals surface area contributed by atoms with Crippen LogP contribution in [0.25, 0.3) is 0 Å². The number of carbonyl (C=O) groups is 1. The van der Waals surface area contributed by atoms with E-state index in [1.165, 1.54) is 18.2 Å². The van der Waals surface area contributed by atoms with Gasteiger partial charge in [0, 0.05) is 18.6 Å². The van der Waals surface area contributed by atoms with E-state index in [9.17, 15) is 20.0 Å². The van der Waals surface area contributed by atoms with Crippen LogP contribution >= 0.6 is 0 Å². The topological polar surface area (TPSA) is 89.7 Å². The van der Waals surface area contributed by atoms with Gasteiger partial charge in [-0.05, 0) is 24.1 Å². The molecule has 0 heterocycles. The number of nitrogens with zero attached hydrogens (tertiary/aromatic N) is 1. The zero-order valence-corrected chi connectivity index (χ0v) is 11.9. The Morgan fingerprint density at radius 3 is 2.64 bits per heavy atom. The normalized spacial score (nSPS) is 11.7. The number of carboxylic acids is 1. The third-order valence-electron chi connectivity index (χ3n) is 3.18. The van der Waals surface area contributed by atoms with Gasteiger partial charge in [-0.15, -0.1) is 0 Å². The van der Waals surface area contributed by atoms with Gasteiger partial charge < -0.3 is 9.84 Å². The fourth-order valence-corrected chi connectivity index (χ4v) is 2.03. The molecule has 6 heteroatoms. The first-order valence-electron chi connectivity index (χ1n) is 6.66.